The summed E-state index contributed by atoms with van der Waals surface area (Å²) in [4.78, 5) is 16.3. The molecule has 5 nitrogen and oxygen atoms in total. The lowest BCUT2D eigenvalue weighted by molar-refractivity contribution is -0.116. The van der Waals surface area contributed by atoms with Gasteiger partial charge in [0.1, 0.15) is 11.2 Å². The molecule has 0 spiro atoms. The van der Waals surface area contributed by atoms with Gasteiger partial charge in [0.05, 0.1) is 6.61 Å². The lowest BCUT2D eigenvalue weighted by atomic mass is 9.82. The molecule has 4 rings (SSSR count). The molecule has 7 heteroatoms. The summed E-state index contributed by atoms with van der Waals surface area (Å²) in [6.07, 6.45) is 1.90. The Morgan fingerprint density at radius 1 is 1.30 bits per heavy atom. The fourth-order valence-corrected chi connectivity index (χ4v) is 5.31. The third-order valence-electron chi connectivity index (χ3n) is 5.31. The number of thiol groups is 1. The van der Waals surface area contributed by atoms with E-state index < -0.39 is 0 Å². The number of anilines is 1. The molecule has 0 saturated carbocycles. The summed E-state index contributed by atoms with van der Waals surface area (Å²) in [6.45, 7) is 5.22. The van der Waals surface area contributed by atoms with Crippen molar-refractivity contribution in [2.75, 3.05) is 25.1 Å². The minimum absolute atomic E-state index is 0.106. The summed E-state index contributed by atoms with van der Waals surface area (Å²) in [6, 6.07) is 8.69. The quantitative estimate of drug-likeness (QED) is 0.470. The second-order valence-electron chi connectivity index (χ2n) is 7.47. The Bertz CT molecular complexity index is 949. The third kappa shape index (κ3) is 3.03. The highest BCUT2D eigenvalue weighted by atomic mass is 32.1. The van der Waals surface area contributed by atoms with Crippen molar-refractivity contribution in [3.63, 3.8) is 0 Å². The van der Waals surface area contributed by atoms with Crippen LogP contribution in [-0.4, -0.2) is 36.7 Å². The van der Waals surface area contributed by atoms with Gasteiger partial charge in [-0.25, -0.2) is 0 Å². The van der Waals surface area contributed by atoms with Crippen LogP contribution in [0.4, 0.5) is 5.69 Å². The molecule has 3 N–H and O–H groups in total. The second-order valence-corrected chi connectivity index (χ2v) is 9.07. The van der Waals surface area contributed by atoms with Crippen molar-refractivity contribution in [1.82, 2.24) is 10.6 Å². The highest BCUT2D eigenvalue weighted by Crippen LogP contribution is 2.53. The lowest BCUT2D eigenvalue weighted by Crippen LogP contribution is -2.25. The van der Waals surface area contributed by atoms with Crippen molar-refractivity contribution in [2.45, 2.75) is 24.8 Å². The third-order valence-corrected chi connectivity index (χ3v) is 6.69. The predicted molar refractivity (Wildman–Crippen MR) is 114 cm³/mol. The van der Waals surface area contributed by atoms with E-state index in [-0.39, 0.29) is 23.4 Å². The molecule has 2 aromatic rings. The molecule has 1 atom stereocenters. The zero-order valence-corrected chi connectivity index (χ0v) is 17.2. The number of hydrogen-bond acceptors (Lipinski definition) is 6. The molecule has 1 amide bonds. The molecule has 27 heavy (non-hydrogen) atoms. The van der Waals surface area contributed by atoms with Crippen LogP contribution in [0, 0.1) is 0 Å². The smallest absolute Gasteiger partial charge is 0.269 e. The number of carbonyl (C=O) groups excluding carboxylic acids is 1. The van der Waals surface area contributed by atoms with E-state index >= 15 is 0 Å². The maximum atomic E-state index is 11.9. The number of amides is 1. The first-order chi connectivity index (χ1) is 12.8. The molecule has 1 aliphatic carbocycles. The van der Waals surface area contributed by atoms with Crippen LogP contribution < -0.4 is 15.5 Å². The Kier molecular flexibility index (Phi) is 4.49. The van der Waals surface area contributed by atoms with Crippen LogP contribution in [0.1, 0.15) is 29.9 Å². The lowest BCUT2D eigenvalue weighted by Gasteiger charge is -2.24. The molecule has 2 heterocycles. The Hall–Kier alpha value is -1.96. The summed E-state index contributed by atoms with van der Waals surface area (Å²) in [5.41, 5.74) is 5.07. The van der Waals surface area contributed by atoms with E-state index in [1.165, 1.54) is 21.6 Å². The first-order valence-corrected chi connectivity index (χ1v) is 10.2. The molecular weight excluding hydrogens is 378 g/mol. The Morgan fingerprint density at radius 2 is 2.07 bits per heavy atom. The molecule has 0 radical (unpaired) electrons. The summed E-state index contributed by atoms with van der Waals surface area (Å²) in [5, 5.41) is 15.0. The topological polar surface area (TPSA) is 64.6 Å². The van der Waals surface area contributed by atoms with Gasteiger partial charge in [-0.3, -0.25) is 4.79 Å². The molecular formula is C20H23N3O2S2. The van der Waals surface area contributed by atoms with Gasteiger partial charge < -0.3 is 20.6 Å². The standard InChI is InChI=1S/C20H23N3O2S2/c1-20(2)14-8-11(23(3)6-7-24)4-5-13(14)17-15(20)9-12(27-17)10-16-18(25)22-19(26)21-16/h4-5,8-10,19,21,24,26H,6-7H2,1-3H3,(H,22,25)/b16-10-. The number of benzene rings is 1. The summed E-state index contributed by atoms with van der Waals surface area (Å²) in [7, 11) is 1.99. The van der Waals surface area contributed by atoms with Gasteiger partial charge in [-0.1, -0.05) is 19.9 Å². The van der Waals surface area contributed by atoms with Crippen LogP contribution in [0.25, 0.3) is 16.5 Å². The van der Waals surface area contributed by atoms with Gasteiger partial charge in [-0.05, 0) is 41.0 Å². The molecule has 0 bridgehead atoms. The number of nitrogens with one attached hydrogen (secondary N) is 2. The maximum absolute atomic E-state index is 11.9. The number of aliphatic hydroxyl groups is 1. The maximum Gasteiger partial charge on any atom is 0.269 e. The van der Waals surface area contributed by atoms with Gasteiger partial charge >= 0.3 is 0 Å². The average Bonchev–Trinajstić information content (AvgIpc) is 3.23. The number of thiophene rings is 1. The van der Waals surface area contributed by atoms with E-state index in [1.54, 1.807) is 11.3 Å². The number of aliphatic hydroxyl groups excluding tert-OH is 1. The fourth-order valence-electron chi connectivity index (χ4n) is 3.75. The first-order valence-electron chi connectivity index (χ1n) is 8.89. The number of fused-ring (bicyclic) bond motifs is 3. The zero-order chi connectivity index (χ0) is 19.3. The highest BCUT2D eigenvalue weighted by molar-refractivity contribution is 7.80. The Balaban J connectivity index is 1.73. The molecule has 1 saturated heterocycles. The van der Waals surface area contributed by atoms with Crippen molar-refractivity contribution in [1.29, 1.82) is 0 Å². The van der Waals surface area contributed by atoms with Crippen LogP contribution in [0.15, 0.2) is 30.0 Å². The minimum Gasteiger partial charge on any atom is -0.395 e. The predicted octanol–water partition coefficient (Wildman–Crippen LogP) is 2.76. The van der Waals surface area contributed by atoms with E-state index in [0.717, 1.165) is 10.6 Å². The number of likely N-dealkylation sites (N-methyl/N-ethyl adjacent to an activating group) is 1. The molecule has 1 aliphatic heterocycles. The second kappa shape index (κ2) is 6.58. The van der Waals surface area contributed by atoms with Crippen LogP contribution in [0.5, 0.6) is 0 Å². The van der Waals surface area contributed by atoms with Crippen molar-refractivity contribution in [3.8, 4) is 10.4 Å². The van der Waals surface area contributed by atoms with Crippen molar-refractivity contribution >= 4 is 41.6 Å². The highest BCUT2D eigenvalue weighted by Gasteiger charge is 2.37. The Morgan fingerprint density at radius 3 is 2.74 bits per heavy atom. The van der Waals surface area contributed by atoms with Gasteiger partial charge in [0, 0.05) is 34.4 Å². The van der Waals surface area contributed by atoms with Crippen LogP contribution >= 0.6 is 24.0 Å². The van der Waals surface area contributed by atoms with Crippen molar-refractivity contribution < 1.29 is 9.90 Å². The average molecular weight is 402 g/mol. The summed E-state index contributed by atoms with van der Waals surface area (Å²) >= 11 is 5.94. The monoisotopic (exact) mass is 401 g/mol. The molecule has 1 aromatic heterocycles. The van der Waals surface area contributed by atoms with E-state index in [0.29, 0.717) is 12.2 Å². The van der Waals surface area contributed by atoms with Crippen molar-refractivity contribution in [3.05, 3.63) is 46.0 Å². The van der Waals surface area contributed by atoms with Gasteiger partial charge in [-0.15, -0.1) is 24.0 Å². The molecule has 1 unspecified atom stereocenters. The largest absolute Gasteiger partial charge is 0.395 e. The normalized spacial score (nSPS) is 21.0. The van der Waals surface area contributed by atoms with Crippen molar-refractivity contribution in [2.24, 2.45) is 0 Å². The molecule has 1 fully saturated rings. The van der Waals surface area contributed by atoms with E-state index in [9.17, 15) is 9.90 Å². The van der Waals surface area contributed by atoms with Crippen LogP contribution in [0.3, 0.4) is 0 Å². The van der Waals surface area contributed by atoms with Gasteiger partial charge in [0.2, 0.25) is 0 Å². The first kappa shape index (κ1) is 18.4. The number of hydrogen-bond donors (Lipinski definition) is 4. The van der Waals surface area contributed by atoms with Gasteiger partial charge in [0.15, 0.2) is 0 Å². The van der Waals surface area contributed by atoms with E-state index in [2.05, 4.69) is 66.3 Å². The number of nitrogens with zero attached hydrogens (tertiary/aromatic N) is 1. The molecule has 142 valence electrons. The van der Waals surface area contributed by atoms with E-state index in [4.69, 9.17) is 0 Å². The van der Waals surface area contributed by atoms with E-state index in [1.807, 2.05) is 13.1 Å². The number of carbonyl (C=O) groups is 1. The summed E-state index contributed by atoms with van der Waals surface area (Å²) < 4.78 is 0. The van der Waals surface area contributed by atoms with Crippen LogP contribution in [0.2, 0.25) is 0 Å². The van der Waals surface area contributed by atoms with Crippen LogP contribution in [-0.2, 0) is 10.2 Å². The molecule has 1 aromatic carbocycles. The Labute approximate surface area is 168 Å². The van der Waals surface area contributed by atoms with Gasteiger partial charge in [0.25, 0.3) is 5.91 Å². The number of rotatable bonds is 4. The van der Waals surface area contributed by atoms with Gasteiger partial charge in [-0.2, -0.15) is 0 Å². The zero-order valence-electron chi connectivity index (χ0n) is 15.5. The summed E-state index contributed by atoms with van der Waals surface area (Å²) in [5.74, 6) is -0.125. The fraction of sp³-hybridized carbons (Fsp3) is 0.350. The minimum atomic E-state index is -0.331. The SMILES string of the molecule is CN(CCO)c1ccc2c(c1)C(C)(C)c1cc(/C=C3\NC(S)NC3=O)sc1-2. The molecule has 2 aliphatic rings.